The first kappa shape index (κ1) is 24.1. The first-order valence-corrected chi connectivity index (χ1v) is 10.7. The van der Waals surface area contributed by atoms with Crippen molar-refractivity contribution in [3.63, 3.8) is 0 Å². The quantitative estimate of drug-likeness (QED) is 0.108. The summed E-state index contributed by atoms with van der Waals surface area (Å²) in [6.07, 6.45) is 7.20. The molecule has 4 unspecified atom stereocenters. The van der Waals surface area contributed by atoms with Crippen molar-refractivity contribution in [3.05, 3.63) is 12.2 Å². The lowest BCUT2D eigenvalue weighted by molar-refractivity contribution is -0.140. The molecule has 2 fully saturated rings. The maximum Gasteiger partial charge on any atom is 0.233 e. The number of nitrogens with zero attached hydrogens (tertiary/aromatic N) is 2. The van der Waals surface area contributed by atoms with E-state index in [1.54, 1.807) is 0 Å². The first-order chi connectivity index (χ1) is 13.4. The van der Waals surface area contributed by atoms with E-state index in [9.17, 15) is 14.7 Å². The van der Waals surface area contributed by atoms with Crippen LogP contribution in [0.1, 0.15) is 46.5 Å². The van der Waals surface area contributed by atoms with Crippen LogP contribution in [0.3, 0.4) is 0 Å². The molecular formula is C21H35IN4O3. The monoisotopic (exact) mass is 518 g/mol. The predicted molar refractivity (Wildman–Crippen MR) is 124 cm³/mol. The number of likely N-dealkylation sites (tertiary alicyclic amines) is 1. The molecule has 3 aliphatic rings. The molecular weight excluding hydrogens is 483 g/mol. The zero-order valence-electron chi connectivity index (χ0n) is 17.7. The van der Waals surface area contributed by atoms with Gasteiger partial charge < -0.3 is 15.7 Å². The van der Waals surface area contributed by atoms with Crippen LogP contribution in [0.25, 0.3) is 0 Å². The van der Waals surface area contributed by atoms with Gasteiger partial charge in [0.05, 0.1) is 24.0 Å². The molecule has 29 heavy (non-hydrogen) atoms. The fraction of sp³-hybridized carbons (Fsp3) is 0.762. The second kappa shape index (κ2) is 10.2. The number of halogens is 1. The molecule has 2 aliphatic carbocycles. The van der Waals surface area contributed by atoms with E-state index in [1.165, 1.54) is 4.90 Å². The Morgan fingerprint density at radius 2 is 1.72 bits per heavy atom. The molecule has 2 bridgehead atoms. The van der Waals surface area contributed by atoms with Gasteiger partial charge in [-0.1, -0.05) is 26.0 Å². The first-order valence-electron chi connectivity index (χ1n) is 10.7. The maximum absolute atomic E-state index is 12.7. The summed E-state index contributed by atoms with van der Waals surface area (Å²) < 4.78 is 0. The van der Waals surface area contributed by atoms with E-state index in [4.69, 9.17) is 0 Å². The van der Waals surface area contributed by atoms with Crippen LogP contribution in [0.4, 0.5) is 0 Å². The SMILES string of the molecule is CCNC(=NCC(O)(CC)CC)NCCCN1C(=O)C2C3C=CC(C3)C2C1=O.I. The van der Waals surface area contributed by atoms with Crippen LogP contribution in [0, 0.1) is 23.7 Å². The minimum Gasteiger partial charge on any atom is -0.388 e. The van der Waals surface area contributed by atoms with Gasteiger partial charge in [0.15, 0.2) is 5.96 Å². The minimum atomic E-state index is -0.776. The smallest absolute Gasteiger partial charge is 0.233 e. The molecule has 0 aromatic heterocycles. The highest BCUT2D eigenvalue weighted by molar-refractivity contribution is 14.0. The Bertz CT molecular complexity index is 632. The normalized spacial score (nSPS) is 28.0. The number of hydrogen-bond donors (Lipinski definition) is 3. The lowest BCUT2D eigenvalue weighted by Gasteiger charge is -2.23. The molecule has 7 nitrogen and oxygen atoms in total. The molecule has 3 N–H and O–H groups in total. The molecule has 0 radical (unpaired) electrons. The van der Waals surface area contributed by atoms with Gasteiger partial charge >= 0.3 is 0 Å². The van der Waals surface area contributed by atoms with Gasteiger partial charge in [-0.05, 0) is 44.4 Å². The molecule has 3 rings (SSSR count). The third kappa shape index (κ3) is 4.95. The van der Waals surface area contributed by atoms with E-state index in [1.807, 2.05) is 20.8 Å². The summed E-state index contributed by atoms with van der Waals surface area (Å²) >= 11 is 0. The number of aliphatic hydroxyl groups is 1. The summed E-state index contributed by atoms with van der Waals surface area (Å²) in [6.45, 7) is 8.04. The van der Waals surface area contributed by atoms with E-state index in [2.05, 4.69) is 27.8 Å². The predicted octanol–water partition coefficient (Wildman–Crippen LogP) is 1.91. The van der Waals surface area contributed by atoms with Crippen molar-refractivity contribution in [2.45, 2.75) is 52.1 Å². The van der Waals surface area contributed by atoms with E-state index >= 15 is 0 Å². The number of nitrogens with one attached hydrogen (secondary N) is 2. The van der Waals surface area contributed by atoms with Gasteiger partial charge in [-0.2, -0.15) is 0 Å². The molecule has 8 heteroatoms. The standard InChI is InChI=1S/C21H34N4O3.HI/c1-4-21(28,5-2)13-24-20(22-6-3)23-10-7-11-25-18(26)16-14-8-9-15(12-14)17(16)19(25)27;/h8-9,14-17,28H,4-7,10-13H2,1-3H3,(H2,22,23,24);1H. The zero-order chi connectivity index (χ0) is 20.3. The highest BCUT2D eigenvalue weighted by atomic mass is 127. The van der Waals surface area contributed by atoms with E-state index in [0.29, 0.717) is 44.9 Å². The fourth-order valence-electron chi connectivity index (χ4n) is 4.67. The Morgan fingerprint density at radius 1 is 1.14 bits per heavy atom. The summed E-state index contributed by atoms with van der Waals surface area (Å²) in [6, 6.07) is 0. The Balaban J connectivity index is 0.00000300. The lowest BCUT2D eigenvalue weighted by Crippen LogP contribution is -2.41. The average molecular weight is 518 g/mol. The molecule has 4 atom stereocenters. The van der Waals surface area contributed by atoms with Gasteiger partial charge in [0.2, 0.25) is 11.8 Å². The average Bonchev–Trinajstić information content (AvgIpc) is 3.38. The van der Waals surface area contributed by atoms with E-state index < -0.39 is 5.60 Å². The highest BCUT2D eigenvalue weighted by Gasteiger charge is 2.58. The molecule has 1 saturated heterocycles. The van der Waals surface area contributed by atoms with Gasteiger partial charge in [-0.3, -0.25) is 19.5 Å². The Labute approximate surface area is 190 Å². The second-order valence-electron chi connectivity index (χ2n) is 8.23. The van der Waals surface area contributed by atoms with Crippen molar-refractivity contribution in [3.8, 4) is 0 Å². The Hall–Kier alpha value is -1.16. The number of fused-ring (bicyclic) bond motifs is 5. The topological polar surface area (TPSA) is 94.0 Å². The van der Waals surface area contributed by atoms with Crippen LogP contribution in [-0.4, -0.2) is 59.6 Å². The number of guanidine groups is 1. The van der Waals surface area contributed by atoms with Gasteiger partial charge in [0, 0.05) is 19.6 Å². The number of amides is 2. The van der Waals surface area contributed by atoms with Crippen molar-refractivity contribution in [1.29, 1.82) is 0 Å². The third-order valence-electron chi connectivity index (χ3n) is 6.60. The second-order valence-corrected chi connectivity index (χ2v) is 8.23. The van der Waals surface area contributed by atoms with Crippen molar-refractivity contribution < 1.29 is 14.7 Å². The zero-order valence-corrected chi connectivity index (χ0v) is 20.0. The van der Waals surface area contributed by atoms with Crippen LogP contribution in [0.15, 0.2) is 17.1 Å². The minimum absolute atomic E-state index is 0. The van der Waals surface area contributed by atoms with Crippen molar-refractivity contribution in [1.82, 2.24) is 15.5 Å². The van der Waals surface area contributed by atoms with Crippen LogP contribution < -0.4 is 10.6 Å². The molecule has 1 heterocycles. The Kier molecular flexibility index (Phi) is 8.51. The van der Waals surface area contributed by atoms with Gasteiger partial charge in [0.1, 0.15) is 0 Å². The maximum atomic E-state index is 12.7. The highest BCUT2D eigenvalue weighted by Crippen LogP contribution is 2.52. The number of imide groups is 1. The van der Waals surface area contributed by atoms with Crippen LogP contribution >= 0.6 is 24.0 Å². The van der Waals surface area contributed by atoms with E-state index in [-0.39, 0.29) is 59.5 Å². The summed E-state index contributed by atoms with van der Waals surface area (Å²) in [4.78, 5) is 31.3. The number of hydrogen-bond acceptors (Lipinski definition) is 4. The number of allylic oxidation sites excluding steroid dienone is 2. The van der Waals surface area contributed by atoms with Gasteiger partial charge in [-0.25, -0.2) is 0 Å². The number of carbonyl (C=O) groups is 2. The number of rotatable bonds is 9. The van der Waals surface area contributed by atoms with E-state index in [0.717, 1.165) is 13.0 Å². The number of aliphatic imine (C=N–C) groups is 1. The van der Waals surface area contributed by atoms with Crippen molar-refractivity contribution in [2.24, 2.45) is 28.7 Å². The molecule has 0 spiro atoms. The summed E-state index contributed by atoms with van der Waals surface area (Å²) in [5, 5.41) is 16.8. The molecule has 1 aliphatic heterocycles. The van der Waals surface area contributed by atoms with Crippen LogP contribution in [-0.2, 0) is 9.59 Å². The summed E-state index contributed by atoms with van der Waals surface area (Å²) in [5.74, 6) is 0.980. The van der Waals surface area contributed by atoms with Gasteiger partial charge in [-0.15, -0.1) is 24.0 Å². The largest absolute Gasteiger partial charge is 0.388 e. The Morgan fingerprint density at radius 3 is 2.24 bits per heavy atom. The number of carbonyl (C=O) groups excluding carboxylic acids is 2. The molecule has 0 aromatic carbocycles. The fourth-order valence-corrected chi connectivity index (χ4v) is 4.67. The molecule has 164 valence electrons. The summed E-state index contributed by atoms with van der Waals surface area (Å²) in [5.41, 5.74) is -0.776. The molecule has 0 aromatic rings. The third-order valence-corrected chi connectivity index (χ3v) is 6.60. The van der Waals surface area contributed by atoms with Gasteiger partial charge in [0.25, 0.3) is 0 Å². The van der Waals surface area contributed by atoms with Crippen molar-refractivity contribution >= 4 is 41.8 Å². The molecule has 1 saturated carbocycles. The van der Waals surface area contributed by atoms with Crippen LogP contribution in [0.5, 0.6) is 0 Å². The van der Waals surface area contributed by atoms with Crippen molar-refractivity contribution in [2.75, 3.05) is 26.2 Å². The lowest BCUT2D eigenvalue weighted by atomic mass is 9.85. The van der Waals surface area contributed by atoms with Crippen LogP contribution in [0.2, 0.25) is 0 Å². The molecule has 2 amide bonds. The summed E-state index contributed by atoms with van der Waals surface area (Å²) in [7, 11) is 0.